The van der Waals surface area contributed by atoms with Crippen molar-refractivity contribution in [1.29, 1.82) is 0 Å². The summed E-state index contributed by atoms with van der Waals surface area (Å²) in [7, 11) is 0. The number of nitrogens with one attached hydrogen (secondary N) is 1. The molecule has 0 unspecified atom stereocenters. The number of imidazole rings is 1. The molecule has 0 radical (unpaired) electrons. The summed E-state index contributed by atoms with van der Waals surface area (Å²) >= 11 is 0. The second-order valence-corrected chi connectivity index (χ2v) is 4.48. The number of hydrogen-bond donors (Lipinski definition) is 2. The lowest BCUT2D eigenvalue weighted by Crippen LogP contribution is -2.29. The summed E-state index contributed by atoms with van der Waals surface area (Å²) in [5, 5.41) is 9.59. The van der Waals surface area contributed by atoms with Gasteiger partial charge in [0.25, 0.3) is 0 Å². The predicted molar refractivity (Wildman–Crippen MR) is 58.9 cm³/mol. The summed E-state index contributed by atoms with van der Waals surface area (Å²) in [4.78, 5) is 15.9. The highest BCUT2D eigenvalue weighted by atomic mass is 16.3. The first-order chi connectivity index (χ1) is 7.84. The Balaban J connectivity index is 2.09. The summed E-state index contributed by atoms with van der Waals surface area (Å²) in [5.41, 5.74) is 1.30. The van der Waals surface area contributed by atoms with E-state index in [1.54, 1.807) is 12.5 Å². The van der Waals surface area contributed by atoms with Crippen molar-refractivity contribution in [2.45, 2.75) is 31.1 Å². The van der Waals surface area contributed by atoms with Crippen LogP contribution >= 0.6 is 0 Å². The third-order valence-corrected chi connectivity index (χ3v) is 3.51. The number of aliphatic hydroxyl groups is 1. The molecule has 1 saturated carbocycles. The molecule has 0 saturated heterocycles. The molecule has 1 aliphatic rings. The van der Waals surface area contributed by atoms with Gasteiger partial charge in [0.15, 0.2) is 5.65 Å². The van der Waals surface area contributed by atoms with Gasteiger partial charge >= 0.3 is 0 Å². The lowest BCUT2D eigenvalue weighted by atomic mass is 9.86. The van der Waals surface area contributed by atoms with E-state index in [2.05, 4.69) is 19.9 Å². The minimum absolute atomic E-state index is 0.132. The number of aromatic nitrogens is 4. The molecule has 0 atom stereocenters. The third-order valence-electron chi connectivity index (χ3n) is 3.51. The van der Waals surface area contributed by atoms with Gasteiger partial charge < -0.3 is 10.1 Å². The minimum Gasteiger partial charge on any atom is -0.395 e. The number of hydrogen-bond acceptors (Lipinski definition) is 4. The standard InChI is InChI=1S/C11H14N4O/c16-6-11(3-1-2-4-11)10-12-5-8-9(15-10)14-7-13-8/h5,7,16H,1-4,6H2,(H,12,13,14,15). The van der Waals surface area contributed by atoms with Crippen LogP contribution in [0.4, 0.5) is 0 Å². The molecule has 16 heavy (non-hydrogen) atoms. The molecule has 1 aliphatic carbocycles. The van der Waals surface area contributed by atoms with Gasteiger partial charge in [-0.2, -0.15) is 0 Å². The Morgan fingerprint density at radius 3 is 2.88 bits per heavy atom. The van der Waals surface area contributed by atoms with Gasteiger partial charge in [0.2, 0.25) is 0 Å². The van der Waals surface area contributed by atoms with E-state index in [0.717, 1.165) is 42.7 Å². The van der Waals surface area contributed by atoms with Crippen molar-refractivity contribution in [2.75, 3.05) is 6.61 Å². The van der Waals surface area contributed by atoms with E-state index in [1.807, 2.05) is 0 Å². The van der Waals surface area contributed by atoms with Crippen LogP contribution in [0.2, 0.25) is 0 Å². The van der Waals surface area contributed by atoms with Gasteiger partial charge in [0.1, 0.15) is 11.3 Å². The van der Waals surface area contributed by atoms with Gasteiger partial charge in [-0.25, -0.2) is 15.0 Å². The Morgan fingerprint density at radius 1 is 1.31 bits per heavy atom. The molecule has 5 nitrogen and oxygen atoms in total. The fourth-order valence-corrected chi connectivity index (χ4v) is 2.50. The summed E-state index contributed by atoms with van der Waals surface area (Å²) in [6.07, 6.45) is 7.58. The number of rotatable bonds is 2. The monoisotopic (exact) mass is 218 g/mol. The van der Waals surface area contributed by atoms with Gasteiger partial charge in [-0.15, -0.1) is 0 Å². The molecule has 5 heteroatoms. The fourth-order valence-electron chi connectivity index (χ4n) is 2.50. The smallest absolute Gasteiger partial charge is 0.160 e. The van der Waals surface area contributed by atoms with Crippen LogP contribution in [0.1, 0.15) is 31.5 Å². The zero-order valence-electron chi connectivity index (χ0n) is 8.98. The van der Waals surface area contributed by atoms with E-state index in [4.69, 9.17) is 0 Å². The highest BCUT2D eigenvalue weighted by molar-refractivity contribution is 5.68. The molecule has 2 aromatic heterocycles. The average molecular weight is 218 g/mol. The second kappa shape index (κ2) is 3.52. The summed E-state index contributed by atoms with van der Waals surface area (Å²) in [6, 6.07) is 0. The molecular weight excluding hydrogens is 204 g/mol. The van der Waals surface area contributed by atoms with Crippen molar-refractivity contribution >= 4 is 11.2 Å². The van der Waals surface area contributed by atoms with Crippen molar-refractivity contribution in [2.24, 2.45) is 0 Å². The molecule has 1 fully saturated rings. The molecule has 0 amide bonds. The highest BCUT2D eigenvalue weighted by Gasteiger charge is 2.37. The van der Waals surface area contributed by atoms with Crippen molar-refractivity contribution < 1.29 is 5.11 Å². The van der Waals surface area contributed by atoms with Crippen LogP contribution < -0.4 is 0 Å². The quantitative estimate of drug-likeness (QED) is 0.793. The number of fused-ring (bicyclic) bond motifs is 1. The topological polar surface area (TPSA) is 74.7 Å². The van der Waals surface area contributed by atoms with Crippen LogP contribution in [0.15, 0.2) is 12.5 Å². The largest absolute Gasteiger partial charge is 0.395 e. The van der Waals surface area contributed by atoms with Crippen LogP contribution in [0.25, 0.3) is 11.2 Å². The maximum atomic E-state index is 9.59. The number of aliphatic hydroxyl groups excluding tert-OH is 1. The zero-order chi connectivity index (χ0) is 11.0. The lowest BCUT2D eigenvalue weighted by molar-refractivity contribution is 0.189. The van der Waals surface area contributed by atoms with Crippen molar-refractivity contribution in [3.63, 3.8) is 0 Å². The van der Waals surface area contributed by atoms with Gasteiger partial charge in [-0.05, 0) is 12.8 Å². The van der Waals surface area contributed by atoms with E-state index >= 15 is 0 Å². The van der Waals surface area contributed by atoms with E-state index in [1.165, 1.54) is 0 Å². The molecular formula is C11H14N4O. The van der Waals surface area contributed by atoms with Crippen molar-refractivity contribution in [1.82, 2.24) is 19.9 Å². The molecule has 0 spiro atoms. The first-order valence-electron chi connectivity index (χ1n) is 5.62. The van der Waals surface area contributed by atoms with Crippen LogP contribution in [0.5, 0.6) is 0 Å². The van der Waals surface area contributed by atoms with Crippen molar-refractivity contribution in [3.05, 3.63) is 18.3 Å². The molecule has 2 N–H and O–H groups in total. The van der Waals surface area contributed by atoms with E-state index in [-0.39, 0.29) is 12.0 Å². The fraction of sp³-hybridized carbons (Fsp3) is 0.545. The first kappa shape index (κ1) is 9.72. The zero-order valence-corrected chi connectivity index (χ0v) is 8.98. The number of aromatic amines is 1. The first-order valence-corrected chi connectivity index (χ1v) is 5.62. The Morgan fingerprint density at radius 2 is 2.12 bits per heavy atom. The maximum Gasteiger partial charge on any atom is 0.160 e. The molecule has 0 aromatic carbocycles. The Kier molecular flexibility index (Phi) is 2.14. The Hall–Kier alpha value is -1.49. The number of H-pyrrole nitrogens is 1. The Bertz CT molecular complexity index is 501. The predicted octanol–water partition coefficient (Wildman–Crippen LogP) is 1.16. The molecule has 2 heterocycles. The SMILES string of the molecule is OCC1(c2ncc3nc[nH]c3n2)CCCC1. The van der Waals surface area contributed by atoms with Crippen LogP contribution in [-0.4, -0.2) is 31.6 Å². The van der Waals surface area contributed by atoms with E-state index in [9.17, 15) is 5.11 Å². The molecule has 84 valence electrons. The normalized spacial score (nSPS) is 19.3. The summed E-state index contributed by atoms with van der Waals surface area (Å²) in [6.45, 7) is 0.132. The Labute approximate surface area is 93.0 Å². The second-order valence-electron chi connectivity index (χ2n) is 4.48. The van der Waals surface area contributed by atoms with Gasteiger partial charge in [-0.3, -0.25) is 0 Å². The number of nitrogens with zero attached hydrogens (tertiary/aromatic N) is 3. The van der Waals surface area contributed by atoms with Crippen LogP contribution in [-0.2, 0) is 5.41 Å². The van der Waals surface area contributed by atoms with Crippen molar-refractivity contribution in [3.8, 4) is 0 Å². The van der Waals surface area contributed by atoms with Gasteiger partial charge in [-0.1, -0.05) is 12.8 Å². The van der Waals surface area contributed by atoms with Gasteiger partial charge in [0.05, 0.1) is 24.5 Å². The maximum absolute atomic E-state index is 9.59. The van der Waals surface area contributed by atoms with E-state index in [0.29, 0.717) is 0 Å². The molecule has 0 bridgehead atoms. The van der Waals surface area contributed by atoms with Gasteiger partial charge in [0, 0.05) is 0 Å². The van der Waals surface area contributed by atoms with Crippen LogP contribution in [0, 0.1) is 0 Å². The molecule has 0 aliphatic heterocycles. The average Bonchev–Trinajstić information content (AvgIpc) is 2.97. The van der Waals surface area contributed by atoms with E-state index < -0.39 is 0 Å². The highest BCUT2D eigenvalue weighted by Crippen LogP contribution is 2.38. The summed E-state index contributed by atoms with van der Waals surface area (Å²) < 4.78 is 0. The van der Waals surface area contributed by atoms with Crippen LogP contribution in [0.3, 0.4) is 0 Å². The molecule has 3 rings (SSSR count). The lowest BCUT2D eigenvalue weighted by Gasteiger charge is -2.23. The minimum atomic E-state index is -0.223. The third kappa shape index (κ3) is 1.31. The molecule has 2 aromatic rings. The summed E-state index contributed by atoms with van der Waals surface area (Å²) in [5.74, 6) is 0.754.